The van der Waals surface area contributed by atoms with Crippen LogP contribution < -0.4 is 16.2 Å². The highest BCUT2D eigenvalue weighted by Crippen LogP contribution is 2.21. The Morgan fingerprint density at radius 1 is 0.971 bits per heavy atom. The van der Waals surface area contributed by atoms with Gasteiger partial charge in [0.05, 0.1) is 5.92 Å². The number of benzene rings is 3. The van der Waals surface area contributed by atoms with E-state index in [9.17, 15) is 14.4 Å². The van der Waals surface area contributed by atoms with Crippen LogP contribution in [0, 0.1) is 5.92 Å². The fourth-order valence-electron chi connectivity index (χ4n) is 3.87. The highest BCUT2D eigenvalue weighted by molar-refractivity contribution is 7.80. The van der Waals surface area contributed by atoms with E-state index in [1.165, 1.54) is 6.08 Å². The molecule has 3 amide bonds. The Labute approximate surface area is 202 Å². The summed E-state index contributed by atoms with van der Waals surface area (Å²) in [6.45, 7) is 0.794. The van der Waals surface area contributed by atoms with Crippen LogP contribution in [0.15, 0.2) is 78.9 Å². The first-order valence-electron chi connectivity index (χ1n) is 10.9. The molecule has 8 heteroatoms. The van der Waals surface area contributed by atoms with Crippen molar-refractivity contribution in [3.05, 3.63) is 90.0 Å². The lowest BCUT2D eigenvalue weighted by Gasteiger charge is -2.17. The van der Waals surface area contributed by atoms with E-state index in [0.717, 1.165) is 21.9 Å². The van der Waals surface area contributed by atoms with Crippen molar-refractivity contribution in [2.24, 2.45) is 5.92 Å². The molecular formula is C26H24N4O3S. The monoisotopic (exact) mass is 472 g/mol. The van der Waals surface area contributed by atoms with E-state index in [0.29, 0.717) is 13.1 Å². The second kappa shape index (κ2) is 10.7. The summed E-state index contributed by atoms with van der Waals surface area (Å²) < 4.78 is 0. The first-order valence-corrected chi connectivity index (χ1v) is 11.3. The van der Waals surface area contributed by atoms with E-state index < -0.39 is 11.8 Å². The lowest BCUT2D eigenvalue weighted by molar-refractivity contribution is -0.129. The van der Waals surface area contributed by atoms with Crippen LogP contribution in [0.5, 0.6) is 0 Å². The van der Waals surface area contributed by atoms with E-state index in [1.54, 1.807) is 11.0 Å². The van der Waals surface area contributed by atoms with Crippen LogP contribution >= 0.6 is 12.2 Å². The average molecular weight is 473 g/mol. The molecule has 7 nitrogen and oxygen atoms in total. The number of nitrogens with zero attached hydrogens (tertiary/aromatic N) is 1. The molecule has 4 rings (SSSR count). The molecule has 0 saturated carbocycles. The summed E-state index contributed by atoms with van der Waals surface area (Å²) in [5.74, 6) is -1.34. The zero-order chi connectivity index (χ0) is 23.9. The lowest BCUT2D eigenvalue weighted by Crippen LogP contribution is -2.50. The summed E-state index contributed by atoms with van der Waals surface area (Å²) in [5.41, 5.74) is 6.94. The van der Waals surface area contributed by atoms with Gasteiger partial charge in [-0.1, -0.05) is 72.8 Å². The molecule has 1 heterocycles. The van der Waals surface area contributed by atoms with Crippen molar-refractivity contribution in [1.29, 1.82) is 0 Å². The van der Waals surface area contributed by atoms with Crippen molar-refractivity contribution in [3.63, 3.8) is 0 Å². The number of thiocarbonyl (C=S) groups is 1. The second-order valence-electron chi connectivity index (χ2n) is 8.00. The summed E-state index contributed by atoms with van der Waals surface area (Å²) >= 11 is 5.10. The van der Waals surface area contributed by atoms with Gasteiger partial charge < -0.3 is 4.90 Å². The molecule has 172 valence electrons. The van der Waals surface area contributed by atoms with E-state index in [4.69, 9.17) is 12.2 Å². The number of carbonyl (C=O) groups excluding carboxylic acids is 3. The minimum Gasteiger partial charge on any atom is -0.338 e. The molecule has 3 aromatic carbocycles. The molecule has 1 fully saturated rings. The number of carbonyl (C=O) groups is 3. The molecule has 1 saturated heterocycles. The van der Waals surface area contributed by atoms with Gasteiger partial charge in [0.25, 0.3) is 0 Å². The van der Waals surface area contributed by atoms with Gasteiger partial charge in [0.1, 0.15) is 0 Å². The van der Waals surface area contributed by atoms with Crippen LogP contribution in [0.2, 0.25) is 0 Å². The van der Waals surface area contributed by atoms with Gasteiger partial charge in [0, 0.05) is 25.6 Å². The van der Waals surface area contributed by atoms with E-state index in [-0.39, 0.29) is 23.3 Å². The lowest BCUT2D eigenvalue weighted by atomic mass is 10.0. The van der Waals surface area contributed by atoms with Gasteiger partial charge in [-0.2, -0.15) is 0 Å². The minimum atomic E-state index is -0.492. The Hall–Kier alpha value is -4.04. The highest BCUT2D eigenvalue weighted by atomic mass is 32.1. The predicted octanol–water partition coefficient (Wildman–Crippen LogP) is 2.92. The van der Waals surface area contributed by atoms with E-state index in [2.05, 4.69) is 16.2 Å². The Morgan fingerprint density at radius 3 is 2.53 bits per heavy atom. The zero-order valence-electron chi connectivity index (χ0n) is 18.4. The maximum Gasteiger partial charge on any atom is 0.250 e. The topological polar surface area (TPSA) is 90.5 Å². The van der Waals surface area contributed by atoms with Gasteiger partial charge in [-0.05, 0) is 40.2 Å². The second-order valence-corrected chi connectivity index (χ2v) is 8.40. The van der Waals surface area contributed by atoms with Crippen molar-refractivity contribution in [2.45, 2.75) is 13.0 Å². The van der Waals surface area contributed by atoms with Crippen LogP contribution in [0.3, 0.4) is 0 Å². The van der Waals surface area contributed by atoms with Gasteiger partial charge in [0.2, 0.25) is 17.7 Å². The number of rotatable bonds is 5. The third-order valence-corrected chi connectivity index (χ3v) is 5.78. The molecule has 0 bridgehead atoms. The van der Waals surface area contributed by atoms with Gasteiger partial charge >= 0.3 is 0 Å². The molecule has 34 heavy (non-hydrogen) atoms. The quantitative estimate of drug-likeness (QED) is 0.302. The first-order chi connectivity index (χ1) is 16.5. The number of hydrogen-bond acceptors (Lipinski definition) is 4. The van der Waals surface area contributed by atoms with Crippen LogP contribution in [-0.4, -0.2) is 34.3 Å². The SMILES string of the molecule is O=C(/C=C/c1cccc2ccccc12)NC(=S)NNC(=O)C1CC(=O)N(Cc2ccccc2)C1. The van der Waals surface area contributed by atoms with Crippen LogP contribution in [-0.2, 0) is 20.9 Å². The number of hydrazine groups is 1. The van der Waals surface area contributed by atoms with Crippen LogP contribution in [0.25, 0.3) is 16.8 Å². The van der Waals surface area contributed by atoms with Crippen LogP contribution in [0.4, 0.5) is 0 Å². The summed E-state index contributed by atoms with van der Waals surface area (Å²) in [4.78, 5) is 38.7. The Balaban J connectivity index is 1.24. The highest BCUT2D eigenvalue weighted by Gasteiger charge is 2.34. The normalized spacial score (nSPS) is 15.5. The summed E-state index contributed by atoms with van der Waals surface area (Å²) in [5, 5.41) is 4.58. The third-order valence-electron chi connectivity index (χ3n) is 5.58. The van der Waals surface area contributed by atoms with Gasteiger partial charge in [-0.25, -0.2) is 0 Å². The minimum absolute atomic E-state index is 0.0358. The van der Waals surface area contributed by atoms with Crippen LogP contribution in [0.1, 0.15) is 17.5 Å². The molecule has 0 radical (unpaired) electrons. The van der Waals surface area contributed by atoms with Gasteiger partial charge in [-0.3, -0.25) is 30.6 Å². The van der Waals surface area contributed by atoms with Crippen molar-refractivity contribution < 1.29 is 14.4 Å². The fraction of sp³-hybridized carbons (Fsp3) is 0.154. The molecule has 1 atom stereocenters. The zero-order valence-corrected chi connectivity index (χ0v) is 19.2. The number of likely N-dealkylation sites (tertiary alicyclic amines) is 1. The fourth-order valence-corrected chi connectivity index (χ4v) is 4.02. The molecule has 0 aromatic heterocycles. The third kappa shape index (κ3) is 5.85. The van der Waals surface area contributed by atoms with E-state index in [1.807, 2.05) is 72.8 Å². The van der Waals surface area contributed by atoms with Crippen molar-refractivity contribution in [2.75, 3.05) is 6.54 Å². The maximum absolute atomic E-state index is 12.5. The summed E-state index contributed by atoms with van der Waals surface area (Å²) in [7, 11) is 0. The largest absolute Gasteiger partial charge is 0.338 e. The van der Waals surface area contributed by atoms with Gasteiger partial charge in [-0.15, -0.1) is 0 Å². The molecule has 1 aliphatic rings. The number of amides is 3. The van der Waals surface area contributed by atoms with Crippen molar-refractivity contribution in [3.8, 4) is 0 Å². The van der Waals surface area contributed by atoms with Crippen molar-refractivity contribution in [1.82, 2.24) is 21.1 Å². The smallest absolute Gasteiger partial charge is 0.250 e. The van der Waals surface area contributed by atoms with Gasteiger partial charge in [0.15, 0.2) is 5.11 Å². The molecule has 3 N–H and O–H groups in total. The molecule has 1 unspecified atom stereocenters. The van der Waals surface area contributed by atoms with E-state index >= 15 is 0 Å². The Kier molecular flexibility index (Phi) is 7.29. The predicted molar refractivity (Wildman–Crippen MR) is 135 cm³/mol. The maximum atomic E-state index is 12.5. The Bertz CT molecular complexity index is 1250. The Morgan fingerprint density at radius 2 is 1.71 bits per heavy atom. The summed E-state index contributed by atoms with van der Waals surface area (Å²) in [6.07, 6.45) is 3.23. The standard InChI is InChI=1S/C26H24N4O3S/c31-23(14-13-20-11-6-10-19-9-4-5-12-22(19)20)27-26(34)29-28-25(33)21-15-24(32)30(17-21)16-18-7-2-1-3-8-18/h1-14,21H,15-17H2,(H,28,33)(H2,27,29,31,34)/b14-13+. The van der Waals surface area contributed by atoms with Crippen molar-refractivity contribution >= 4 is 51.9 Å². The molecule has 0 spiro atoms. The number of nitrogens with one attached hydrogen (secondary N) is 3. The number of hydrogen-bond donors (Lipinski definition) is 3. The first kappa shape index (κ1) is 23.1. The average Bonchev–Trinajstić information content (AvgIpc) is 3.22. The molecule has 1 aliphatic heterocycles. The summed E-state index contributed by atoms with van der Waals surface area (Å²) in [6, 6.07) is 23.4. The molecule has 0 aliphatic carbocycles. The molecule has 3 aromatic rings. The number of fused-ring (bicyclic) bond motifs is 1. The molecular weight excluding hydrogens is 448 g/mol.